The van der Waals surface area contributed by atoms with Crippen molar-refractivity contribution < 1.29 is 14.4 Å². The summed E-state index contributed by atoms with van der Waals surface area (Å²) in [4.78, 5) is 35.7. The van der Waals surface area contributed by atoms with Crippen molar-refractivity contribution in [3.05, 3.63) is 20.8 Å². The van der Waals surface area contributed by atoms with Gasteiger partial charge < -0.3 is 19.9 Å². The number of carbonyl (C=O) groups excluding carboxylic acids is 1. The number of amides is 1. The highest BCUT2D eigenvalue weighted by molar-refractivity contribution is 7.99. The molecule has 3 N–H and O–H groups in total. The zero-order valence-corrected chi connectivity index (χ0v) is 17.6. The summed E-state index contributed by atoms with van der Waals surface area (Å²) in [6.07, 6.45) is 5.32. The monoisotopic (exact) mass is 423 g/mol. The smallest absolute Gasteiger partial charge is 0.260 e. The molecule has 0 saturated carbocycles. The molecule has 0 unspecified atom stereocenters. The summed E-state index contributed by atoms with van der Waals surface area (Å²) < 4.78 is 5.35. The molecule has 2 aliphatic rings. The van der Waals surface area contributed by atoms with Gasteiger partial charge in [-0.25, -0.2) is 4.98 Å². The molecule has 2 aromatic heterocycles. The Labute approximate surface area is 172 Å². The normalized spacial score (nSPS) is 17.6. The van der Waals surface area contributed by atoms with Crippen LogP contribution < -0.4 is 15.8 Å². The van der Waals surface area contributed by atoms with E-state index in [0.29, 0.717) is 11.7 Å². The summed E-state index contributed by atoms with van der Waals surface area (Å²) in [6, 6.07) is 0. The lowest BCUT2D eigenvalue weighted by atomic mass is 9.97. The predicted octanol–water partition coefficient (Wildman–Crippen LogP) is 0.377. The maximum absolute atomic E-state index is 12.5. The van der Waals surface area contributed by atoms with E-state index in [1.165, 1.54) is 28.6 Å². The van der Waals surface area contributed by atoms with Crippen LogP contribution in [-0.2, 0) is 22.4 Å². The molecule has 3 heterocycles. The summed E-state index contributed by atoms with van der Waals surface area (Å²) in [5.41, 5.74) is 1.12. The van der Waals surface area contributed by atoms with Gasteiger partial charge >= 0.3 is 0 Å². The second-order valence-electron chi connectivity index (χ2n) is 7.37. The molecule has 0 spiro atoms. The lowest BCUT2D eigenvalue weighted by Gasteiger charge is -2.23. The third-order valence-corrected chi connectivity index (χ3v) is 7.43. The molecule has 2 aromatic rings. The van der Waals surface area contributed by atoms with Gasteiger partial charge in [-0.05, 0) is 31.2 Å². The van der Waals surface area contributed by atoms with Crippen molar-refractivity contribution in [1.82, 2.24) is 15.3 Å². The number of morpholine rings is 1. The van der Waals surface area contributed by atoms with Crippen molar-refractivity contribution in [2.45, 2.75) is 37.3 Å². The van der Waals surface area contributed by atoms with Gasteiger partial charge in [0.25, 0.3) is 5.56 Å². The number of quaternary nitrogens is 1. The van der Waals surface area contributed by atoms with E-state index in [9.17, 15) is 9.59 Å². The molecule has 9 heteroatoms. The number of H-pyrrole nitrogens is 1. The van der Waals surface area contributed by atoms with Crippen LogP contribution in [0, 0.1) is 0 Å². The first-order valence-corrected chi connectivity index (χ1v) is 11.9. The van der Waals surface area contributed by atoms with E-state index in [4.69, 9.17) is 4.74 Å². The zero-order chi connectivity index (χ0) is 19.3. The van der Waals surface area contributed by atoms with Gasteiger partial charge in [0.15, 0.2) is 5.16 Å². The fourth-order valence-electron chi connectivity index (χ4n) is 3.87. The standard InChI is InChI=1S/C19H26N4O3S2/c24-15(20-6-3-7-23-8-10-26-11-9-23)12-27-19-21-17(25)16-13-4-1-2-5-14(13)28-18(16)22-19/h1-12H2,(H,20,24)(H,21,22,25)/p+1. The molecule has 0 atom stereocenters. The van der Waals surface area contributed by atoms with Crippen molar-refractivity contribution in [3.8, 4) is 0 Å². The maximum atomic E-state index is 12.5. The van der Waals surface area contributed by atoms with Gasteiger partial charge in [0.2, 0.25) is 5.91 Å². The molecule has 1 amide bonds. The minimum Gasteiger partial charge on any atom is -0.370 e. The summed E-state index contributed by atoms with van der Waals surface area (Å²) in [5.74, 6) is 0.249. The van der Waals surface area contributed by atoms with Crippen molar-refractivity contribution in [1.29, 1.82) is 0 Å². The number of hydrogen-bond donors (Lipinski definition) is 3. The number of thioether (sulfide) groups is 1. The third kappa shape index (κ3) is 4.76. The molecule has 1 aliphatic heterocycles. The molecular weight excluding hydrogens is 396 g/mol. The van der Waals surface area contributed by atoms with Gasteiger partial charge in [-0.3, -0.25) is 9.59 Å². The Hall–Kier alpha value is -1.42. The molecular formula is C19H27N4O3S2+. The number of hydrogen-bond acceptors (Lipinski definition) is 6. The van der Waals surface area contributed by atoms with Crippen molar-refractivity contribution in [2.24, 2.45) is 0 Å². The molecule has 0 radical (unpaired) electrons. The molecule has 7 nitrogen and oxygen atoms in total. The summed E-state index contributed by atoms with van der Waals surface area (Å²) in [6.45, 7) is 5.52. The highest BCUT2D eigenvalue weighted by Gasteiger charge is 2.20. The Morgan fingerprint density at radius 1 is 1.29 bits per heavy atom. The number of rotatable bonds is 7. The van der Waals surface area contributed by atoms with Crippen molar-refractivity contribution in [3.63, 3.8) is 0 Å². The Balaban J connectivity index is 1.26. The molecule has 1 aliphatic carbocycles. The van der Waals surface area contributed by atoms with Crippen molar-refractivity contribution >= 4 is 39.2 Å². The number of aromatic amines is 1. The van der Waals surface area contributed by atoms with Crippen LogP contribution in [0.25, 0.3) is 10.2 Å². The van der Waals surface area contributed by atoms with E-state index in [-0.39, 0.29) is 17.2 Å². The van der Waals surface area contributed by atoms with Gasteiger partial charge in [-0.1, -0.05) is 11.8 Å². The fourth-order valence-corrected chi connectivity index (χ4v) is 5.88. The van der Waals surface area contributed by atoms with Crippen LogP contribution in [-0.4, -0.2) is 61.0 Å². The van der Waals surface area contributed by atoms with Crippen molar-refractivity contribution in [2.75, 3.05) is 45.1 Å². The molecule has 28 heavy (non-hydrogen) atoms. The number of nitrogens with zero attached hydrogens (tertiary/aromatic N) is 1. The first kappa shape index (κ1) is 19.9. The second kappa shape index (κ2) is 9.39. The van der Waals surface area contributed by atoms with E-state index in [0.717, 1.165) is 68.7 Å². The Morgan fingerprint density at radius 3 is 2.96 bits per heavy atom. The van der Waals surface area contributed by atoms with Crippen LogP contribution >= 0.6 is 23.1 Å². The van der Waals surface area contributed by atoms with Crippen LogP contribution in [0.3, 0.4) is 0 Å². The third-order valence-electron chi connectivity index (χ3n) is 5.37. The largest absolute Gasteiger partial charge is 0.370 e. The lowest BCUT2D eigenvalue weighted by Crippen LogP contribution is -3.14. The molecule has 0 bridgehead atoms. The number of aromatic nitrogens is 2. The molecule has 1 fully saturated rings. The number of aryl methyl sites for hydroxylation is 2. The quantitative estimate of drug-likeness (QED) is 0.340. The van der Waals surface area contributed by atoms with Gasteiger partial charge in [0.1, 0.15) is 17.9 Å². The van der Waals surface area contributed by atoms with Crippen LogP contribution in [0.5, 0.6) is 0 Å². The lowest BCUT2D eigenvalue weighted by molar-refractivity contribution is -0.908. The molecule has 4 rings (SSSR count). The number of fused-ring (bicyclic) bond motifs is 3. The van der Waals surface area contributed by atoms with Gasteiger partial charge in [-0.2, -0.15) is 0 Å². The summed E-state index contributed by atoms with van der Waals surface area (Å²) >= 11 is 2.93. The van der Waals surface area contributed by atoms with Gasteiger partial charge in [-0.15, -0.1) is 11.3 Å². The minimum absolute atomic E-state index is 0.0183. The SMILES string of the molecule is O=C(CSc1nc2sc3c(c2c(=O)[nH]1)CCCC3)NCCC[NH+]1CCOCC1. The van der Waals surface area contributed by atoms with E-state index in [2.05, 4.69) is 15.3 Å². The Kier molecular flexibility index (Phi) is 6.66. The first-order chi connectivity index (χ1) is 13.7. The highest BCUT2D eigenvalue weighted by Crippen LogP contribution is 2.34. The predicted molar refractivity (Wildman–Crippen MR) is 112 cm³/mol. The number of ether oxygens (including phenoxy) is 1. The highest BCUT2D eigenvalue weighted by atomic mass is 32.2. The average molecular weight is 424 g/mol. The number of thiophene rings is 1. The minimum atomic E-state index is -0.0687. The molecule has 152 valence electrons. The van der Waals surface area contributed by atoms with Crippen LogP contribution in [0.15, 0.2) is 9.95 Å². The average Bonchev–Trinajstić information content (AvgIpc) is 3.09. The van der Waals surface area contributed by atoms with E-state index in [1.807, 2.05) is 0 Å². The van der Waals surface area contributed by atoms with Gasteiger partial charge in [0, 0.05) is 17.8 Å². The fraction of sp³-hybridized carbons (Fsp3) is 0.632. The van der Waals surface area contributed by atoms with E-state index in [1.54, 1.807) is 16.2 Å². The van der Waals surface area contributed by atoms with E-state index < -0.39 is 0 Å². The summed E-state index contributed by atoms with van der Waals surface area (Å²) in [5, 5.41) is 4.26. The first-order valence-electron chi connectivity index (χ1n) is 10.1. The Bertz CT molecular complexity index is 889. The van der Waals surface area contributed by atoms with E-state index >= 15 is 0 Å². The molecule has 0 aromatic carbocycles. The van der Waals surface area contributed by atoms with Gasteiger partial charge in [0.05, 0.1) is 30.9 Å². The molecule has 1 saturated heterocycles. The number of nitrogens with one attached hydrogen (secondary N) is 3. The maximum Gasteiger partial charge on any atom is 0.260 e. The second-order valence-corrected chi connectivity index (χ2v) is 9.41. The Morgan fingerprint density at radius 2 is 2.11 bits per heavy atom. The summed E-state index contributed by atoms with van der Waals surface area (Å²) in [7, 11) is 0. The topological polar surface area (TPSA) is 88.5 Å². The van der Waals surface area contributed by atoms with Crippen LogP contribution in [0.1, 0.15) is 29.7 Å². The van der Waals surface area contributed by atoms with Crippen LogP contribution in [0.4, 0.5) is 0 Å². The van der Waals surface area contributed by atoms with Crippen LogP contribution in [0.2, 0.25) is 0 Å². The number of carbonyl (C=O) groups is 1. The zero-order valence-electron chi connectivity index (χ0n) is 16.0.